The number of pyridine rings is 1. The van der Waals surface area contributed by atoms with Crippen LogP contribution in [-0.4, -0.2) is 9.91 Å². The summed E-state index contributed by atoms with van der Waals surface area (Å²) in [5, 5.41) is 10.5. The molecule has 0 aliphatic rings. The maximum absolute atomic E-state index is 10.5. The van der Waals surface area contributed by atoms with E-state index in [0.29, 0.717) is 5.56 Å². The van der Waals surface area contributed by atoms with Gasteiger partial charge in [0.25, 0.3) is 5.69 Å². The summed E-state index contributed by atoms with van der Waals surface area (Å²) in [6, 6.07) is 1.43. The largest absolute Gasteiger partial charge is 0.275 e. The van der Waals surface area contributed by atoms with Gasteiger partial charge in [-0.3, -0.25) is 15.1 Å². The molecule has 4 heteroatoms. The normalized spacial score (nSPS) is 10.2. The third kappa shape index (κ3) is 1.58. The molecular weight excluding hydrogens is 156 g/mol. The lowest BCUT2D eigenvalue weighted by Gasteiger charge is -2.03. The summed E-state index contributed by atoms with van der Waals surface area (Å²) in [4.78, 5) is 14.0. The third-order valence-electron chi connectivity index (χ3n) is 1.65. The van der Waals surface area contributed by atoms with Crippen LogP contribution in [0.5, 0.6) is 0 Å². The van der Waals surface area contributed by atoms with E-state index in [0.717, 1.165) is 0 Å². The van der Waals surface area contributed by atoms with Gasteiger partial charge < -0.3 is 0 Å². The summed E-state index contributed by atoms with van der Waals surface area (Å²) in [6.07, 6.45) is 2.98. The molecule has 0 aliphatic heterocycles. The van der Waals surface area contributed by atoms with Crippen LogP contribution >= 0.6 is 0 Å². The zero-order chi connectivity index (χ0) is 9.14. The number of rotatable bonds is 2. The lowest BCUT2D eigenvalue weighted by Crippen LogP contribution is -1.97. The van der Waals surface area contributed by atoms with E-state index in [-0.39, 0.29) is 16.5 Å². The van der Waals surface area contributed by atoms with Crippen molar-refractivity contribution in [3.63, 3.8) is 0 Å². The Hall–Kier alpha value is -1.45. The second-order valence-electron chi connectivity index (χ2n) is 2.85. The smallest absolute Gasteiger partial charge is 0.264 e. The van der Waals surface area contributed by atoms with Gasteiger partial charge in [-0.25, -0.2) is 0 Å². The summed E-state index contributed by atoms with van der Waals surface area (Å²) in [7, 11) is 0. The Morgan fingerprint density at radius 3 is 2.67 bits per heavy atom. The minimum atomic E-state index is -0.378. The van der Waals surface area contributed by atoms with Crippen molar-refractivity contribution in [1.29, 1.82) is 0 Å². The van der Waals surface area contributed by atoms with E-state index >= 15 is 0 Å². The van der Waals surface area contributed by atoms with Crippen molar-refractivity contribution in [3.8, 4) is 0 Å². The Morgan fingerprint density at radius 1 is 1.58 bits per heavy atom. The molecule has 1 heterocycles. The molecule has 0 saturated carbocycles. The molecule has 0 amide bonds. The molecule has 0 N–H and O–H groups in total. The fourth-order valence-corrected chi connectivity index (χ4v) is 1.01. The molecule has 0 aliphatic carbocycles. The molecule has 0 radical (unpaired) electrons. The van der Waals surface area contributed by atoms with Crippen LogP contribution in [0, 0.1) is 10.1 Å². The summed E-state index contributed by atoms with van der Waals surface area (Å²) in [5.74, 6) is 0.138. The maximum atomic E-state index is 10.5. The predicted octanol–water partition coefficient (Wildman–Crippen LogP) is 2.11. The van der Waals surface area contributed by atoms with Crippen LogP contribution in [-0.2, 0) is 0 Å². The number of nitro groups is 1. The SMILES string of the molecule is CC(C)c1cnccc1[N+](=O)[O-]. The fraction of sp³-hybridized carbons (Fsp3) is 0.375. The van der Waals surface area contributed by atoms with Gasteiger partial charge in [0, 0.05) is 18.5 Å². The summed E-state index contributed by atoms with van der Waals surface area (Å²) < 4.78 is 0. The molecule has 1 rings (SSSR count). The molecule has 0 atom stereocenters. The van der Waals surface area contributed by atoms with Crippen LogP contribution in [0.2, 0.25) is 0 Å². The first-order valence-corrected chi connectivity index (χ1v) is 3.71. The van der Waals surface area contributed by atoms with E-state index < -0.39 is 0 Å². The minimum Gasteiger partial charge on any atom is -0.264 e. The van der Waals surface area contributed by atoms with Gasteiger partial charge >= 0.3 is 0 Å². The zero-order valence-corrected chi connectivity index (χ0v) is 7.02. The molecule has 0 fully saturated rings. The molecule has 1 aromatic rings. The number of hydrogen-bond donors (Lipinski definition) is 0. The van der Waals surface area contributed by atoms with E-state index in [2.05, 4.69) is 4.98 Å². The highest BCUT2D eigenvalue weighted by Gasteiger charge is 2.14. The van der Waals surface area contributed by atoms with Crippen LogP contribution < -0.4 is 0 Å². The standard InChI is InChI=1S/C8H10N2O2/c1-6(2)7-5-9-4-3-8(7)10(11)12/h3-6H,1-2H3. The number of nitrogens with zero attached hydrogens (tertiary/aromatic N) is 2. The van der Waals surface area contributed by atoms with Crippen molar-refractivity contribution in [2.45, 2.75) is 19.8 Å². The van der Waals surface area contributed by atoms with E-state index in [1.54, 1.807) is 6.20 Å². The van der Waals surface area contributed by atoms with Gasteiger partial charge in [0.15, 0.2) is 0 Å². The minimum absolute atomic E-state index is 0.138. The molecule has 0 aromatic carbocycles. The van der Waals surface area contributed by atoms with Crippen LogP contribution in [0.25, 0.3) is 0 Å². The van der Waals surface area contributed by atoms with Crippen molar-refractivity contribution in [1.82, 2.24) is 4.98 Å². The van der Waals surface area contributed by atoms with E-state index in [9.17, 15) is 10.1 Å². The highest BCUT2D eigenvalue weighted by atomic mass is 16.6. The summed E-state index contributed by atoms with van der Waals surface area (Å²) >= 11 is 0. The predicted molar refractivity (Wildman–Crippen MR) is 45.0 cm³/mol. The van der Waals surface area contributed by atoms with Gasteiger partial charge in [-0.15, -0.1) is 0 Å². The highest BCUT2D eigenvalue weighted by molar-refractivity contribution is 5.39. The second-order valence-corrected chi connectivity index (χ2v) is 2.85. The topological polar surface area (TPSA) is 56.0 Å². The van der Waals surface area contributed by atoms with E-state index in [1.807, 2.05) is 13.8 Å². The fourth-order valence-electron chi connectivity index (χ4n) is 1.01. The summed E-state index contributed by atoms with van der Waals surface area (Å²) in [6.45, 7) is 3.81. The van der Waals surface area contributed by atoms with Crippen molar-refractivity contribution in [3.05, 3.63) is 34.1 Å². The monoisotopic (exact) mass is 166 g/mol. The average Bonchev–Trinajstić information content (AvgIpc) is 2.04. The Kier molecular flexibility index (Phi) is 2.38. The third-order valence-corrected chi connectivity index (χ3v) is 1.65. The molecule has 0 unspecified atom stereocenters. The Morgan fingerprint density at radius 2 is 2.25 bits per heavy atom. The van der Waals surface area contributed by atoms with Crippen LogP contribution in [0.3, 0.4) is 0 Å². The molecule has 0 saturated heterocycles. The lowest BCUT2D eigenvalue weighted by atomic mass is 10.0. The number of hydrogen-bond acceptors (Lipinski definition) is 3. The second kappa shape index (κ2) is 3.30. The van der Waals surface area contributed by atoms with Gasteiger partial charge in [0.2, 0.25) is 0 Å². The van der Waals surface area contributed by atoms with Gasteiger partial charge in [-0.1, -0.05) is 13.8 Å². The first-order chi connectivity index (χ1) is 5.63. The molecular formula is C8H10N2O2. The number of aromatic nitrogens is 1. The van der Waals surface area contributed by atoms with Gasteiger partial charge in [0.1, 0.15) is 0 Å². The lowest BCUT2D eigenvalue weighted by molar-refractivity contribution is -0.385. The van der Waals surface area contributed by atoms with Crippen molar-refractivity contribution >= 4 is 5.69 Å². The Balaban J connectivity index is 3.17. The molecule has 1 aromatic heterocycles. The molecule has 0 spiro atoms. The van der Waals surface area contributed by atoms with Gasteiger partial charge in [0.05, 0.1) is 10.5 Å². The first-order valence-electron chi connectivity index (χ1n) is 3.71. The van der Waals surface area contributed by atoms with E-state index in [1.165, 1.54) is 12.3 Å². The molecule has 64 valence electrons. The summed E-state index contributed by atoms with van der Waals surface area (Å²) in [5.41, 5.74) is 0.836. The first kappa shape index (κ1) is 8.64. The quantitative estimate of drug-likeness (QED) is 0.499. The Bertz CT molecular complexity index is 297. The van der Waals surface area contributed by atoms with Crippen LogP contribution in [0.15, 0.2) is 18.5 Å². The van der Waals surface area contributed by atoms with E-state index in [4.69, 9.17) is 0 Å². The Labute approximate surface area is 70.4 Å². The van der Waals surface area contributed by atoms with Gasteiger partial charge in [-0.05, 0) is 5.92 Å². The van der Waals surface area contributed by atoms with Crippen LogP contribution in [0.1, 0.15) is 25.3 Å². The average molecular weight is 166 g/mol. The van der Waals surface area contributed by atoms with Crippen molar-refractivity contribution in [2.75, 3.05) is 0 Å². The highest BCUT2D eigenvalue weighted by Crippen LogP contribution is 2.23. The molecule has 4 nitrogen and oxygen atoms in total. The van der Waals surface area contributed by atoms with Crippen molar-refractivity contribution in [2.24, 2.45) is 0 Å². The molecule has 12 heavy (non-hydrogen) atoms. The van der Waals surface area contributed by atoms with Crippen LogP contribution in [0.4, 0.5) is 5.69 Å². The van der Waals surface area contributed by atoms with Crippen molar-refractivity contribution < 1.29 is 4.92 Å². The molecule has 0 bridgehead atoms. The maximum Gasteiger partial charge on any atom is 0.275 e. The van der Waals surface area contributed by atoms with Gasteiger partial charge in [-0.2, -0.15) is 0 Å². The zero-order valence-electron chi connectivity index (χ0n) is 7.02.